The summed E-state index contributed by atoms with van der Waals surface area (Å²) in [5.41, 5.74) is 1.91. The van der Waals surface area contributed by atoms with Gasteiger partial charge in [0.1, 0.15) is 6.61 Å². The Morgan fingerprint density at radius 1 is 1.05 bits per heavy atom. The first kappa shape index (κ1) is 28.1. The van der Waals surface area contributed by atoms with E-state index in [-0.39, 0.29) is 49.4 Å². The molecular weight excluding hydrogens is 468 g/mol. The zero-order chi connectivity index (χ0) is 26.5. The van der Waals surface area contributed by atoms with E-state index in [2.05, 4.69) is 10.6 Å². The van der Waals surface area contributed by atoms with Gasteiger partial charge in [-0.3, -0.25) is 14.4 Å². The van der Waals surface area contributed by atoms with Crippen LogP contribution in [0.4, 0.5) is 0 Å². The summed E-state index contributed by atoms with van der Waals surface area (Å²) in [6.07, 6.45) is 7.27. The van der Waals surface area contributed by atoms with Gasteiger partial charge in [0.25, 0.3) is 0 Å². The van der Waals surface area contributed by atoms with Crippen LogP contribution < -0.4 is 10.6 Å². The summed E-state index contributed by atoms with van der Waals surface area (Å²) in [6, 6.07) is 18.4. The Hall–Kier alpha value is -3.45. The molecule has 4 atom stereocenters. The highest BCUT2D eigenvalue weighted by Gasteiger charge is 2.27. The maximum Gasteiger partial charge on any atom is 0.309 e. The van der Waals surface area contributed by atoms with E-state index in [4.69, 9.17) is 4.74 Å². The quantitative estimate of drug-likeness (QED) is 0.391. The zero-order valence-electron chi connectivity index (χ0n) is 21.5. The fourth-order valence-electron chi connectivity index (χ4n) is 4.43. The Bertz CT molecular complexity index is 1020. The number of aliphatic hydroxyl groups is 1. The molecule has 1 aliphatic heterocycles. The topological polar surface area (TPSA) is 105 Å². The summed E-state index contributed by atoms with van der Waals surface area (Å²) in [4.78, 5) is 39.0. The molecule has 0 saturated heterocycles. The Labute approximate surface area is 219 Å². The third-order valence-electron chi connectivity index (χ3n) is 6.56. The van der Waals surface area contributed by atoms with Gasteiger partial charge < -0.3 is 20.5 Å². The average molecular weight is 507 g/mol. The predicted molar refractivity (Wildman–Crippen MR) is 142 cm³/mol. The standard InChI is InChI=1S/C30H38N2O5/c1-22(20-33)31-28(34)19-25-16-8-2-3-9-17-26(18-23-12-6-4-7-13-23)30(36)37-21-27(32-29(25)35)24-14-10-5-11-15-24/h2,4-8,10-15,22,25-27,33H,3,9,16-21H2,1H3,(H,31,34)(H,32,35)/t22-,25+,26+,27+/m0/s1. The SMILES string of the molecule is C[C@@H](CO)NC(=O)C[C@H]1CC=CCCC[C@H](Cc2ccccc2)C(=O)OC[C@H](c2ccccc2)NC1=O. The van der Waals surface area contributed by atoms with Crippen molar-refractivity contribution in [2.45, 2.75) is 57.5 Å². The van der Waals surface area contributed by atoms with Crippen molar-refractivity contribution >= 4 is 17.8 Å². The minimum atomic E-state index is -0.585. The number of esters is 1. The van der Waals surface area contributed by atoms with Gasteiger partial charge >= 0.3 is 5.97 Å². The monoisotopic (exact) mass is 506 g/mol. The first-order chi connectivity index (χ1) is 18.0. The summed E-state index contributed by atoms with van der Waals surface area (Å²) in [6.45, 7) is 1.54. The number of carbonyl (C=O) groups excluding carboxylic acids is 3. The molecule has 2 amide bonds. The van der Waals surface area contributed by atoms with E-state index in [0.717, 1.165) is 24.0 Å². The lowest BCUT2D eigenvalue weighted by Gasteiger charge is -2.24. The Balaban J connectivity index is 1.79. The van der Waals surface area contributed by atoms with Gasteiger partial charge in [-0.25, -0.2) is 0 Å². The van der Waals surface area contributed by atoms with E-state index in [1.54, 1.807) is 6.92 Å². The van der Waals surface area contributed by atoms with Crippen molar-refractivity contribution in [2.75, 3.05) is 13.2 Å². The maximum atomic E-state index is 13.3. The van der Waals surface area contributed by atoms with E-state index in [1.165, 1.54) is 0 Å². The summed E-state index contributed by atoms with van der Waals surface area (Å²) in [7, 11) is 0. The fourth-order valence-corrected chi connectivity index (χ4v) is 4.43. The number of amides is 2. The van der Waals surface area contributed by atoms with Crippen molar-refractivity contribution in [1.82, 2.24) is 10.6 Å². The summed E-state index contributed by atoms with van der Waals surface area (Å²) < 4.78 is 5.79. The molecule has 0 spiro atoms. The third kappa shape index (κ3) is 9.50. The number of allylic oxidation sites excluding steroid dienone is 2. The third-order valence-corrected chi connectivity index (χ3v) is 6.56. The van der Waals surface area contributed by atoms with Crippen molar-refractivity contribution in [2.24, 2.45) is 11.8 Å². The van der Waals surface area contributed by atoms with Crippen LogP contribution in [0.1, 0.15) is 56.2 Å². The molecule has 0 aromatic heterocycles. The van der Waals surface area contributed by atoms with Crippen LogP contribution in [-0.4, -0.2) is 42.1 Å². The smallest absolute Gasteiger partial charge is 0.309 e. The molecule has 0 saturated carbocycles. The lowest BCUT2D eigenvalue weighted by molar-refractivity contribution is -0.150. The van der Waals surface area contributed by atoms with Crippen LogP contribution in [0.5, 0.6) is 0 Å². The van der Waals surface area contributed by atoms with E-state index < -0.39 is 12.0 Å². The highest BCUT2D eigenvalue weighted by atomic mass is 16.5. The van der Waals surface area contributed by atoms with Crippen LogP contribution in [-0.2, 0) is 25.5 Å². The van der Waals surface area contributed by atoms with Crippen LogP contribution in [0.2, 0.25) is 0 Å². The largest absolute Gasteiger partial charge is 0.463 e. The van der Waals surface area contributed by atoms with E-state index in [0.29, 0.717) is 19.3 Å². The number of carbonyl (C=O) groups is 3. The molecule has 0 bridgehead atoms. The molecule has 7 heteroatoms. The number of hydrogen-bond acceptors (Lipinski definition) is 5. The molecule has 1 aliphatic rings. The van der Waals surface area contributed by atoms with E-state index >= 15 is 0 Å². The molecule has 2 aromatic rings. The van der Waals surface area contributed by atoms with Crippen molar-refractivity contribution < 1.29 is 24.2 Å². The predicted octanol–water partition coefficient (Wildman–Crippen LogP) is 3.88. The van der Waals surface area contributed by atoms with Gasteiger partial charge in [-0.15, -0.1) is 0 Å². The second kappa shape index (κ2) is 15.0. The van der Waals surface area contributed by atoms with Crippen molar-refractivity contribution in [3.63, 3.8) is 0 Å². The number of cyclic esters (lactones) is 1. The van der Waals surface area contributed by atoms with Gasteiger partial charge in [0.2, 0.25) is 11.8 Å². The fraction of sp³-hybridized carbons (Fsp3) is 0.433. The second-order valence-electron chi connectivity index (χ2n) is 9.68. The number of ether oxygens (including phenoxy) is 1. The van der Waals surface area contributed by atoms with Gasteiger partial charge in [-0.05, 0) is 50.2 Å². The Kier molecular flexibility index (Phi) is 11.4. The zero-order valence-corrected chi connectivity index (χ0v) is 21.5. The lowest BCUT2D eigenvalue weighted by Crippen LogP contribution is -2.41. The molecule has 7 nitrogen and oxygen atoms in total. The van der Waals surface area contributed by atoms with E-state index in [9.17, 15) is 19.5 Å². The average Bonchev–Trinajstić information content (AvgIpc) is 2.91. The molecule has 1 heterocycles. The molecule has 37 heavy (non-hydrogen) atoms. The normalized spacial score (nSPS) is 22.3. The number of aliphatic hydroxyl groups excluding tert-OH is 1. The lowest BCUT2D eigenvalue weighted by atomic mass is 9.93. The van der Waals surface area contributed by atoms with Crippen LogP contribution in [0.15, 0.2) is 72.8 Å². The van der Waals surface area contributed by atoms with Crippen LogP contribution >= 0.6 is 0 Å². The first-order valence-corrected chi connectivity index (χ1v) is 13.1. The summed E-state index contributed by atoms with van der Waals surface area (Å²) in [5, 5.41) is 15.0. The molecule has 0 radical (unpaired) electrons. The van der Waals surface area contributed by atoms with Crippen molar-refractivity contribution in [3.8, 4) is 0 Å². The van der Waals surface area contributed by atoms with Crippen molar-refractivity contribution in [1.29, 1.82) is 0 Å². The molecule has 3 rings (SSSR count). The van der Waals surface area contributed by atoms with Crippen LogP contribution in [0.25, 0.3) is 0 Å². The van der Waals surface area contributed by atoms with Crippen LogP contribution in [0.3, 0.4) is 0 Å². The highest BCUT2D eigenvalue weighted by Crippen LogP contribution is 2.22. The van der Waals surface area contributed by atoms with Gasteiger partial charge in [-0.1, -0.05) is 72.8 Å². The number of hydrogen-bond donors (Lipinski definition) is 3. The molecular formula is C30H38N2O5. The number of rotatable bonds is 7. The molecule has 3 N–H and O–H groups in total. The van der Waals surface area contributed by atoms with Crippen LogP contribution in [0, 0.1) is 11.8 Å². The molecule has 0 fully saturated rings. The molecule has 2 aromatic carbocycles. The molecule has 198 valence electrons. The summed E-state index contributed by atoms with van der Waals surface area (Å²) >= 11 is 0. The molecule has 0 unspecified atom stereocenters. The van der Waals surface area contributed by atoms with Gasteiger partial charge in [-0.2, -0.15) is 0 Å². The minimum absolute atomic E-state index is 0.000953. The first-order valence-electron chi connectivity index (χ1n) is 13.1. The number of nitrogens with one attached hydrogen (secondary N) is 2. The molecule has 0 aliphatic carbocycles. The summed E-state index contributed by atoms with van der Waals surface area (Å²) in [5.74, 6) is -1.69. The van der Waals surface area contributed by atoms with Crippen molar-refractivity contribution in [3.05, 3.63) is 83.9 Å². The van der Waals surface area contributed by atoms with Gasteiger partial charge in [0, 0.05) is 12.5 Å². The van der Waals surface area contributed by atoms with Gasteiger partial charge in [0.05, 0.1) is 24.5 Å². The second-order valence-corrected chi connectivity index (χ2v) is 9.68. The maximum absolute atomic E-state index is 13.3. The Morgan fingerprint density at radius 3 is 2.46 bits per heavy atom. The minimum Gasteiger partial charge on any atom is -0.463 e. The highest BCUT2D eigenvalue weighted by molar-refractivity contribution is 5.86. The number of benzene rings is 2. The van der Waals surface area contributed by atoms with Gasteiger partial charge in [0.15, 0.2) is 0 Å². The van der Waals surface area contributed by atoms with E-state index in [1.807, 2.05) is 72.8 Å². The Morgan fingerprint density at radius 2 is 1.76 bits per heavy atom.